The predicted octanol–water partition coefficient (Wildman–Crippen LogP) is 4.51. The molecule has 2 amide bonds. The Hall–Kier alpha value is -3.01. The summed E-state index contributed by atoms with van der Waals surface area (Å²) in [6.07, 6.45) is 7.05. The Kier molecular flexibility index (Phi) is 8.65. The fourth-order valence-corrected chi connectivity index (χ4v) is 8.17. The molecule has 230 valence electrons. The molecule has 0 aromatic heterocycles. The molecule has 1 aromatic rings. The van der Waals surface area contributed by atoms with Crippen LogP contribution in [0.5, 0.6) is 5.75 Å². The van der Waals surface area contributed by atoms with Crippen LogP contribution in [-0.2, 0) is 25.5 Å². The fourth-order valence-electron chi connectivity index (χ4n) is 8.17. The summed E-state index contributed by atoms with van der Waals surface area (Å²) in [5.41, 5.74) is 0.351. The molecule has 0 radical (unpaired) electrons. The lowest BCUT2D eigenvalue weighted by molar-refractivity contribution is -0.165. The van der Waals surface area contributed by atoms with Crippen molar-refractivity contribution in [1.29, 1.82) is 0 Å². The van der Waals surface area contributed by atoms with E-state index in [1.165, 1.54) is 18.2 Å². The number of benzene rings is 1. The summed E-state index contributed by atoms with van der Waals surface area (Å²) in [5.74, 6) is -1.22. The molecule has 5 rings (SSSR count). The number of nitroso groups, excluding NO2 is 1. The van der Waals surface area contributed by atoms with E-state index in [-0.39, 0.29) is 52.6 Å². The number of ether oxygens (including phenoxy) is 1. The molecular formula is C32H45N3O7. The van der Waals surface area contributed by atoms with Gasteiger partial charge in [0, 0.05) is 18.4 Å². The Morgan fingerprint density at radius 2 is 1.83 bits per heavy atom. The number of carbonyl (C=O) groups excluding carboxylic acids is 3. The summed E-state index contributed by atoms with van der Waals surface area (Å²) >= 11 is 0. The van der Waals surface area contributed by atoms with Gasteiger partial charge in [-0.3, -0.25) is 9.59 Å². The van der Waals surface area contributed by atoms with Crippen molar-refractivity contribution < 1.29 is 29.3 Å². The molecule has 1 aliphatic heterocycles. The number of esters is 1. The van der Waals surface area contributed by atoms with Gasteiger partial charge in [0.25, 0.3) is 0 Å². The number of carbonyl (C=O) groups is 3. The lowest BCUT2D eigenvalue weighted by Crippen LogP contribution is -2.57. The van der Waals surface area contributed by atoms with Gasteiger partial charge in [-0.1, -0.05) is 46.1 Å². The molecule has 10 heteroatoms. The van der Waals surface area contributed by atoms with Crippen LogP contribution in [-0.4, -0.2) is 63.7 Å². The maximum absolute atomic E-state index is 14.1. The number of rotatable bonds is 9. The molecule has 3 aliphatic carbocycles. The normalized spacial score (nSPS) is 30.1. The Bertz CT molecular complexity index is 1210. The molecule has 3 saturated carbocycles. The third-order valence-corrected chi connectivity index (χ3v) is 11.3. The van der Waals surface area contributed by atoms with Crippen molar-refractivity contribution in [2.24, 2.45) is 27.8 Å². The van der Waals surface area contributed by atoms with E-state index in [9.17, 15) is 29.5 Å². The van der Waals surface area contributed by atoms with Crippen LogP contribution in [0.25, 0.3) is 0 Å². The molecule has 1 saturated heterocycles. The van der Waals surface area contributed by atoms with Gasteiger partial charge in [0.15, 0.2) is 0 Å². The molecule has 10 nitrogen and oxygen atoms in total. The lowest BCUT2D eigenvalue weighted by Gasteiger charge is -2.39. The van der Waals surface area contributed by atoms with Gasteiger partial charge in [-0.15, -0.1) is 4.91 Å². The number of amides is 2. The number of hydrogen-bond acceptors (Lipinski definition) is 8. The van der Waals surface area contributed by atoms with Crippen LogP contribution in [0, 0.1) is 27.6 Å². The van der Waals surface area contributed by atoms with Gasteiger partial charge in [0.05, 0.1) is 0 Å². The van der Waals surface area contributed by atoms with Gasteiger partial charge >= 0.3 is 5.97 Å². The Labute approximate surface area is 247 Å². The fraction of sp³-hybridized carbons (Fsp3) is 0.719. The first-order chi connectivity index (χ1) is 20.0. The van der Waals surface area contributed by atoms with Crippen LogP contribution in [0.4, 0.5) is 5.69 Å². The number of aliphatic hydroxyl groups excluding tert-OH is 1. The third-order valence-electron chi connectivity index (χ3n) is 11.3. The van der Waals surface area contributed by atoms with E-state index in [1.807, 2.05) is 0 Å². The standard InChI is InChI=1S/C32H45N3O7/c1-31(2)21-13-14-32(31,3)26(18-21)42-30(40)23-10-7-15-35(23)29(39)27(20-8-5-4-6-9-20)33-28(38)25(37)17-19-11-12-22(34-41)24(36)16-19/h11-12,16,20-21,23,25-27,36-37H,4-10,13-15,17-18H2,1-3H3,(H,33,38). The number of aromatic hydroxyl groups is 1. The van der Waals surface area contributed by atoms with Crippen molar-refractivity contribution in [1.82, 2.24) is 10.2 Å². The molecule has 6 atom stereocenters. The van der Waals surface area contributed by atoms with E-state index in [0.29, 0.717) is 30.9 Å². The van der Waals surface area contributed by atoms with Crippen molar-refractivity contribution in [2.45, 2.75) is 116 Å². The molecule has 42 heavy (non-hydrogen) atoms. The summed E-state index contributed by atoms with van der Waals surface area (Å²) in [6.45, 7) is 7.20. The molecule has 4 fully saturated rings. The molecule has 3 N–H and O–H groups in total. The first-order valence-electron chi connectivity index (χ1n) is 15.6. The van der Waals surface area contributed by atoms with Gasteiger partial charge < -0.3 is 25.2 Å². The first-order valence-corrected chi connectivity index (χ1v) is 15.6. The lowest BCUT2D eigenvalue weighted by atomic mass is 9.70. The van der Waals surface area contributed by atoms with Crippen molar-refractivity contribution in [3.05, 3.63) is 28.7 Å². The number of fused-ring (bicyclic) bond motifs is 2. The zero-order valence-electron chi connectivity index (χ0n) is 25.0. The summed E-state index contributed by atoms with van der Waals surface area (Å²) < 4.78 is 6.18. The van der Waals surface area contributed by atoms with E-state index in [1.54, 1.807) is 4.90 Å². The highest BCUT2D eigenvalue weighted by molar-refractivity contribution is 5.92. The van der Waals surface area contributed by atoms with E-state index < -0.39 is 24.1 Å². The zero-order chi connectivity index (χ0) is 30.2. The van der Waals surface area contributed by atoms with Crippen LogP contribution < -0.4 is 5.32 Å². The van der Waals surface area contributed by atoms with E-state index >= 15 is 0 Å². The average Bonchev–Trinajstić information content (AvgIpc) is 3.60. The van der Waals surface area contributed by atoms with E-state index in [4.69, 9.17) is 4.74 Å². The number of aliphatic hydroxyl groups is 1. The molecular weight excluding hydrogens is 538 g/mol. The first kappa shape index (κ1) is 30.4. The van der Waals surface area contributed by atoms with Gasteiger partial charge in [-0.05, 0) is 85.1 Å². The number of nitrogens with zero attached hydrogens (tertiary/aromatic N) is 2. The Balaban J connectivity index is 1.27. The smallest absolute Gasteiger partial charge is 0.329 e. The summed E-state index contributed by atoms with van der Waals surface area (Å²) in [5, 5.41) is 26.2. The van der Waals surface area contributed by atoms with Crippen LogP contribution in [0.1, 0.15) is 90.5 Å². The second-order valence-corrected chi connectivity index (χ2v) is 13.7. The van der Waals surface area contributed by atoms with Crippen molar-refractivity contribution in [2.75, 3.05) is 6.54 Å². The molecule has 0 spiro atoms. The topological polar surface area (TPSA) is 146 Å². The highest BCUT2D eigenvalue weighted by atomic mass is 16.5. The van der Waals surface area contributed by atoms with Gasteiger partial charge in [0.2, 0.25) is 11.8 Å². The minimum absolute atomic E-state index is 0.0730. The third kappa shape index (κ3) is 5.54. The molecule has 4 aliphatic rings. The number of nitrogens with one attached hydrogen (secondary N) is 1. The molecule has 2 bridgehead atoms. The largest absolute Gasteiger partial charge is 0.506 e. The minimum Gasteiger partial charge on any atom is -0.506 e. The quantitative estimate of drug-likeness (QED) is 0.286. The molecule has 6 unspecified atom stereocenters. The SMILES string of the molecule is CC1(C)C2CCC1(C)C(OC(=O)C1CCCN1C(=O)C(NC(=O)C(O)Cc1ccc(N=O)c(O)c1)C1CCCCC1)C2. The van der Waals surface area contributed by atoms with Crippen LogP contribution >= 0.6 is 0 Å². The maximum Gasteiger partial charge on any atom is 0.329 e. The zero-order valence-corrected chi connectivity index (χ0v) is 25.0. The monoisotopic (exact) mass is 583 g/mol. The second kappa shape index (κ2) is 11.9. The van der Waals surface area contributed by atoms with Crippen LogP contribution in [0.15, 0.2) is 23.4 Å². The summed E-state index contributed by atoms with van der Waals surface area (Å²) in [7, 11) is 0. The van der Waals surface area contributed by atoms with Gasteiger partial charge in [-0.25, -0.2) is 4.79 Å². The van der Waals surface area contributed by atoms with E-state index in [2.05, 4.69) is 31.3 Å². The van der Waals surface area contributed by atoms with Gasteiger partial charge in [-0.2, -0.15) is 0 Å². The van der Waals surface area contributed by atoms with Gasteiger partial charge in [0.1, 0.15) is 35.7 Å². The number of phenols is 1. The van der Waals surface area contributed by atoms with Crippen LogP contribution in [0.3, 0.4) is 0 Å². The van der Waals surface area contributed by atoms with E-state index in [0.717, 1.165) is 51.4 Å². The molecule has 1 aromatic carbocycles. The minimum atomic E-state index is -1.47. The van der Waals surface area contributed by atoms with Crippen molar-refractivity contribution in [3.63, 3.8) is 0 Å². The van der Waals surface area contributed by atoms with Crippen molar-refractivity contribution in [3.8, 4) is 5.75 Å². The number of likely N-dealkylation sites (tertiary alicyclic amines) is 1. The molecule has 1 heterocycles. The average molecular weight is 584 g/mol. The highest BCUT2D eigenvalue weighted by Crippen LogP contribution is 2.66. The van der Waals surface area contributed by atoms with Crippen molar-refractivity contribution >= 4 is 23.5 Å². The Morgan fingerprint density at radius 3 is 2.45 bits per heavy atom. The highest BCUT2D eigenvalue weighted by Gasteiger charge is 2.63. The maximum atomic E-state index is 14.1. The summed E-state index contributed by atoms with van der Waals surface area (Å²) in [4.78, 5) is 53.2. The second-order valence-electron chi connectivity index (χ2n) is 13.7. The predicted molar refractivity (Wildman–Crippen MR) is 156 cm³/mol. The number of hydrogen-bond donors (Lipinski definition) is 3. The Morgan fingerprint density at radius 1 is 1.10 bits per heavy atom. The van der Waals surface area contributed by atoms with Crippen LogP contribution in [0.2, 0.25) is 0 Å². The number of phenolic OH excluding ortho intramolecular Hbond substituents is 1. The summed E-state index contributed by atoms with van der Waals surface area (Å²) in [6, 6.07) is 2.59.